The maximum absolute atomic E-state index is 13.5. The first-order valence-corrected chi connectivity index (χ1v) is 16.6. The summed E-state index contributed by atoms with van der Waals surface area (Å²) in [6.45, 7) is 3.29. The highest BCUT2D eigenvalue weighted by molar-refractivity contribution is 5.93. The number of carboxylic acid groups (broad SMARTS) is 1. The fourth-order valence-corrected chi connectivity index (χ4v) is 5.35. The van der Waals surface area contributed by atoms with Gasteiger partial charge in [0.25, 0.3) is 0 Å². The van der Waals surface area contributed by atoms with Crippen molar-refractivity contribution in [2.45, 2.75) is 76.4 Å². The van der Waals surface area contributed by atoms with E-state index < -0.39 is 48.2 Å². The number of unbranched alkanes of at least 4 members (excludes halogenated alkanes) is 1. The van der Waals surface area contributed by atoms with E-state index in [0.717, 1.165) is 58.6 Å². The second kappa shape index (κ2) is 19.8. The molecule has 0 fully saturated rings. The van der Waals surface area contributed by atoms with Gasteiger partial charge in [-0.15, -0.1) is 0 Å². The lowest BCUT2D eigenvalue weighted by atomic mass is 9.95. The highest BCUT2D eigenvalue weighted by Crippen LogP contribution is 2.28. The molecule has 3 atom stereocenters. The van der Waals surface area contributed by atoms with E-state index in [9.17, 15) is 19.2 Å². The molecule has 9 N–H and O–H groups in total. The van der Waals surface area contributed by atoms with Gasteiger partial charge in [-0.3, -0.25) is 19.2 Å². The van der Waals surface area contributed by atoms with E-state index >= 15 is 0 Å². The summed E-state index contributed by atoms with van der Waals surface area (Å²) in [4.78, 5) is 49.9. The fourth-order valence-electron chi connectivity index (χ4n) is 5.35. The lowest BCUT2D eigenvalue weighted by Crippen LogP contribution is -2.56. The number of hydrogen-bond donors (Lipinski definition) is 6. The van der Waals surface area contributed by atoms with Crippen LogP contribution in [0.4, 0.5) is 0 Å². The third kappa shape index (κ3) is 12.5. The number of benzene rings is 3. The molecule has 12 nitrogen and oxygen atoms in total. The smallest absolute Gasteiger partial charge is 0.305 e. The highest BCUT2D eigenvalue weighted by Gasteiger charge is 2.28. The predicted molar refractivity (Wildman–Crippen MR) is 188 cm³/mol. The Hall–Kier alpha value is -4.94. The molecule has 49 heavy (non-hydrogen) atoms. The highest BCUT2D eigenvalue weighted by atomic mass is 16.5. The number of ether oxygens (including phenoxy) is 2. The molecule has 0 bridgehead atoms. The van der Waals surface area contributed by atoms with E-state index in [1.54, 1.807) is 7.11 Å². The number of nitrogens with one attached hydrogen (secondary N) is 2. The van der Waals surface area contributed by atoms with E-state index in [1.165, 1.54) is 0 Å². The van der Waals surface area contributed by atoms with Gasteiger partial charge in [0.15, 0.2) is 0 Å². The van der Waals surface area contributed by atoms with Crippen LogP contribution in [0, 0.1) is 0 Å². The van der Waals surface area contributed by atoms with Crippen LogP contribution < -0.4 is 37.3 Å². The molecule has 264 valence electrons. The van der Waals surface area contributed by atoms with Gasteiger partial charge in [-0.25, -0.2) is 0 Å². The van der Waals surface area contributed by atoms with Crippen molar-refractivity contribution < 1.29 is 33.8 Å². The van der Waals surface area contributed by atoms with Crippen molar-refractivity contribution in [3.8, 4) is 22.6 Å². The summed E-state index contributed by atoms with van der Waals surface area (Å²) in [5.74, 6) is -1.86. The molecule has 0 radical (unpaired) electrons. The van der Waals surface area contributed by atoms with E-state index in [4.69, 9.17) is 31.8 Å². The molecular weight excluding hydrogens is 626 g/mol. The lowest BCUT2D eigenvalue weighted by molar-refractivity contribution is -0.139. The molecule has 0 heterocycles. The van der Waals surface area contributed by atoms with Gasteiger partial charge in [0.1, 0.15) is 23.6 Å². The number of methoxy groups -OCH3 is 1. The van der Waals surface area contributed by atoms with Crippen LogP contribution in [0.1, 0.15) is 55.7 Å². The van der Waals surface area contributed by atoms with Gasteiger partial charge in [-0.05, 0) is 97.2 Å². The SMILES string of the molecule is CCc1cc(OC)ccc1-c1ccc(C[C@H](NC(=O)[C@@H](N)CC(=O)O)C(=O)N[C@@H](CCCc2ccc(OCCCCN)cc2)C(N)=O)cc1. The predicted octanol–water partition coefficient (Wildman–Crippen LogP) is 2.86. The van der Waals surface area contributed by atoms with Gasteiger partial charge in [-0.2, -0.15) is 0 Å². The minimum Gasteiger partial charge on any atom is -0.497 e. The summed E-state index contributed by atoms with van der Waals surface area (Å²) < 4.78 is 11.1. The first kappa shape index (κ1) is 38.5. The normalized spacial score (nSPS) is 12.7. The molecule has 0 spiro atoms. The van der Waals surface area contributed by atoms with Crippen molar-refractivity contribution in [1.82, 2.24) is 10.6 Å². The fraction of sp³-hybridized carbons (Fsp3) is 0.405. The molecule has 12 heteroatoms. The molecule has 0 aromatic heterocycles. The van der Waals surface area contributed by atoms with Crippen LogP contribution in [-0.4, -0.2) is 67.2 Å². The second-order valence-corrected chi connectivity index (χ2v) is 11.9. The zero-order valence-electron chi connectivity index (χ0n) is 28.3. The number of hydrogen-bond acceptors (Lipinski definition) is 8. The Bertz CT molecular complexity index is 1530. The average Bonchev–Trinajstić information content (AvgIpc) is 3.09. The van der Waals surface area contributed by atoms with Gasteiger partial charge < -0.3 is 42.4 Å². The third-order valence-corrected chi connectivity index (χ3v) is 8.17. The summed E-state index contributed by atoms with van der Waals surface area (Å²) in [6, 6.07) is 17.6. The Labute approximate surface area is 287 Å². The van der Waals surface area contributed by atoms with Crippen LogP contribution in [-0.2, 0) is 38.4 Å². The maximum atomic E-state index is 13.5. The summed E-state index contributed by atoms with van der Waals surface area (Å²) in [5, 5.41) is 14.4. The molecule has 0 saturated carbocycles. The van der Waals surface area contributed by atoms with Crippen LogP contribution in [0.2, 0.25) is 0 Å². The lowest BCUT2D eigenvalue weighted by Gasteiger charge is -2.23. The average molecular weight is 676 g/mol. The largest absolute Gasteiger partial charge is 0.497 e. The van der Waals surface area contributed by atoms with Gasteiger partial charge in [0, 0.05) is 6.42 Å². The number of primary amides is 1. The third-order valence-electron chi connectivity index (χ3n) is 8.17. The minimum absolute atomic E-state index is 0.0625. The number of rotatable bonds is 21. The first-order valence-electron chi connectivity index (χ1n) is 16.6. The number of carboxylic acids is 1. The van der Waals surface area contributed by atoms with Crippen molar-refractivity contribution in [2.75, 3.05) is 20.3 Å². The quantitative estimate of drug-likeness (QED) is 0.0916. The van der Waals surface area contributed by atoms with Gasteiger partial charge in [0.05, 0.1) is 26.2 Å². The molecule has 3 aromatic carbocycles. The van der Waals surface area contributed by atoms with E-state index in [0.29, 0.717) is 26.0 Å². The number of nitrogens with two attached hydrogens (primary N) is 3. The molecule has 0 unspecified atom stereocenters. The maximum Gasteiger partial charge on any atom is 0.305 e. The zero-order chi connectivity index (χ0) is 35.8. The number of carbonyl (C=O) groups is 4. The monoisotopic (exact) mass is 675 g/mol. The standard InChI is InChI=1S/C37H49N5O7/c1-3-26-22-29(48-2)17-18-30(26)27-13-9-25(10-14-27)21-33(42-36(46)31(39)23-34(43)44)37(47)41-32(35(40)45)8-6-7-24-11-15-28(16-12-24)49-20-5-4-19-38/h9-18,22,31-33H,3-8,19-21,23,38-39H2,1-2H3,(H2,40,45)(H,41,47)(H,42,46)(H,43,44)/t31-,32-,33-/m0/s1. The molecule has 0 aliphatic rings. The number of carbonyl (C=O) groups excluding carboxylic acids is 3. The van der Waals surface area contributed by atoms with E-state index in [-0.39, 0.29) is 12.8 Å². The number of aliphatic carboxylic acids is 1. The Morgan fingerprint density at radius 1 is 0.837 bits per heavy atom. The van der Waals surface area contributed by atoms with Gasteiger partial charge in [-0.1, -0.05) is 49.4 Å². The Balaban J connectivity index is 1.69. The van der Waals surface area contributed by atoms with Gasteiger partial charge in [0.2, 0.25) is 17.7 Å². The second-order valence-electron chi connectivity index (χ2n) is 11.9. The number of aryl methyl sites for hydroxylation is 2. The summed E-state index contributed by atoms with van der Waals surface area (Å²) in [7, 11) is 1.62. The summed E-state index contributed by atoms with van der Waals surface area (Å²) >= 11 is 0. The Morgan fingerprint density at radius 3 is 2.10 bits per heavy atom. The zero-order valence-corrected chi connectivity index (χ0v) is 28.3. The van der Waals surface area contributed by atoms with Crippen molar-refractivity contribution in [3.63, 3.8) is 0 Å². The minimum atomic E-state index is -1.37. The molecular formula is C37H49N5O7. The van der Waals surface area contributed by atoms with Crippen LogP contribution in [0.3, 0.4) is 0 Å². The molecule has 0 aliphatic heterocycles. The number of amides is 3. The summed E-state index contributed by atoms with van der Waals surface area (Å²) in [6.07, 6.45) is 3.50. The van der Waals surface area contributed by atoms with Crippen molar-refractivity contribution >= 4 is 23.7 Å². The van der Waals surface area contributed by atoms with Gasteiger partial charge >= 0.3 is 5.97 Å². The molecule has 0 aliphatic carbocycles. The Kier molecular flexibility index (Phi) is 15.5. The van der Waals surface area contributed by atoms with E-state index in [2.05, 4.69) is 17.6 Å². The van der Waals surface area contributed by atoms with Crippen LogP contribution >= 0.6 is 0 Å². The van der Waals surface area contributed by atoms with Crippen molar-refractivity contribution in [1.29, 1.82) is 0 Å². The summed E-state index contributed by atoms with van der Waals surface area (Å²) in [5.41, 5.74) is 21.9. The first-order chi connectivity index (χ1) is 23.5. The Morgan fingerprint density at radius 2 is 1.49 bits per heavy atom. The van der Waals surface area contributed by atoms with Crippen molar-refractivity contribution in [2.24, 2.45) is 17.2 Å². The van der Waals surface area contributed by atoms with Crippen LogP contribution in [0.25, 0.3) is 11.1 Å². The van der Waals surface area contributed by atoms with E-state index in [1.807, 2.05) is 66.7 Å². The molecule has 3 aromatic rings. The van der Waals surface area contributed by atoms with Crippen LogP contribution in [0.5, 0.6) is 11.5 Å². The van der Waals surface area contributed by atoms with Crippen LogP contribution in [0.15, 0.2) is 66.7 Å². The molecule has 0 saturated heterocycles. The molecule has 3 amide bonds. The topological polar surface area (TPSA) is 209 Å². The van der Waals surface area contributed by atoms with Crippen molar-refractivity contribution in [3.05, 3.63) is 83.4 Å². The molecule has 3 rings (SSSR count).